The lowest BCUT2D eigenvalue weighted by Crippen LogP contribution is -2.38. The summed E-state index contributed by atoms with van der Waals surface area (Å²) in [5.41, 5.74) is 1.90. The number of carbonyl (C=O) groups is 1. The fourth-order valence-electron chi connectivity index (χ4n) is 2.11. The molecule has 0 spiro atoms. The molecular formula is C19H25N3O3. The first-order valence-electron chi connectivity index (χ1n) is 8.31. The zero-order valence-corrected chi connectivity index (χ0v) is 14.4. The summed E-state index contributed by atoms with van der Waals surface area (Å²) in [6.45, 7) is 3.63. The molecule has 0 unspecified atom stereocenters. The fraction of sp³-hybridized carbons (Fsp3) is 0.316. The predicted octanol–water partition coefficient (Wildman–Crippen LogP) is 2.15. The van der Waals surface area contributed by atoms with E-state index in [9.17, 15) is 9.90 Å². The average molecular weight is 343 g/mol. The molecule has 0 aliphatic carbocycles. The molecule has 25 heavy (non-hydrogen) atoms. The van der Waals surface area contributed by atoms with Crippen LogP contribution in [0.3, 0.4) is 0 Å². The SMILES string of the molecule is Cc1ccc(NC(=O)NCCNC[C@@H](O)COc2ccccc2)cc1. The van der Waals surface area contributed by atoms with Gasteiger partial charge in [-0.2, -0.15) is 0 Å². The van der Waals surface area contributed by atoms with Crippen LogP contribution in [0.2, 0.25) is 0 Å². The Morgan fingerprint density at radius 3 is 2.52 bits per heavy atom. The maximum atomic E-state index is 11.7. The summed E-state index contributed by atoms with van der Waals surface area (Å²) in [5, 5.41) is 18.4. The second-order valence-corrected chi connectivity index (χ2v) is 5.73. The Hall–Kier alpha value is -2.57. The lowest BCUT2D eigenvalue weighted by Gasteiger charge is -2.13. The van der Waals surface area contributed by atoms with Crippen molar-refractivity contribution in [2.45, 2.75) is 13.0 Å². The van der Waals surface area contributed by atoms with Crippen molar-refractivity contribution in [2.24, 2.45) is 0 Å². The van der Waals surface area contributed by atoms with Crippen molar-refractivity contribution in [3.05, 3.63) is 60.2 Å². The zero-order valence-electron chi connectivity index (χ0n) is 14.4. The molecule has 0 aliphatic rings. The molecular weight excluding hydrogens is 318 g/mol. The first-order chi connectivity index (χ1) is 12.1. The number of hydrogen-bond donors (Lipinski definition) is 4. The molecule has 0 saturated heterocycles. The van der Waals surface area contributed by atoms with Crippen molar-refractivity contribution in [1.29, 1.82) is 0 Å². The molecule has 6 heteroatoms. The van der Waals surface area contributed by atoms with Crippen molar-refractivity contribution in [1.82, 2.24) is 10.6 Å². The van der Waals surface area contributed by atoms with Crippen LogP contribution in [0.25, 0.3) is 0 Å². The molecule has 2 aromatic rings. The number of carbonyl (C=O) groups excluding carboxylic acids is 1. The molecule has 2 rings (SSSR count). The molecule has 6 nitrogen and oxygen atoms in total. The maximum Gasteiger partial charge on any atom is 0.319 e. The van der Waals surface area contributed by atoms with Crippen LogP contribution >= 0.6 is 0 Å². The van der Waals surface area contributed by atoms with Crippen molar-refractivity contribution < 1.29 is 14.6 Å². The molecule has 4 N–H and O–H groups in total. The summed E-state index contributed by atoms with van der Waals surface area (Å²) in [7, 11) is 0. The molecule has 0 bridgehead atoms. The van der Waals surface area contributed by atoms with Gasteiger partial charge in [0.05, 0.1) is 0 Å². The molecule has 0 aromatic heterocycles. The highest BCUT2D eigenvalue weighted by atomic mass is 16.5. The van der Waals surface area contributed by atoms with Crippen LogP contribution < -0.4 is 20.7 Å². The van der Waals surface area contributed by atoms with E-state index in [2.05, 4.69) is 16.0 Å². The highest BCUT2D eigenvalue weighted by Gasteiger charge is 2.05. The second-order valence-electron chi connectivity index (χ2n) is 5.73. The van der Waals surface area contributed by atoms with Gasteiger partial charge in [0.1, 0.15) is 18.5 Å². The van der Waals surface area contributed by atoms with Crippen LogP contribution in [-0.2, 0) is 0 Å². The summed E-state index contributed by atoms with van der Waals surface area (Å²) in [6.07, 6.45) is -0.610. The van der Waals surface area contributed by atoms with Gasteiger partial charge in [-0.05, 0) is 31.2 Å². The minimum Gasteiger partial charge on any atom is -0.491 e. The van der Waals surface area contributed by atoms with Crippen molar-refractivity contribution in [3.63, 3.8) is 0 Å². The second kappa shape index (κ2) is 10.3. The number of hydrogen-bond acceptors (Lipinski definition) is 4. The van der Waals surface area contributed by atoms with Gasteiger partial charge in [0, 0.05) is 25.3 Å². The standard InChI is InChI=1S/C19H25N3O3/c1-15-7-9-16(10-8-15)22-19(24)21-12-11-20-13-17(23)14-25-18-5-3-2-4-6-18/h2-10,17,20,23H,11-14H2,1H3,(H2,21,22,24)/t17-/m1/s1. The van der Waals surface area contributed by atoms with E-state index in [1.54, 1.807) is 0 Å². The van der Waals surface area contributed by atoms with Crippen LogP contribution in [0.5, 0.6) is 5.75 Å². The van der Waals surface area contributed by atoms with Crippen molar-refractivity contribution >= 4 is 11.7 Å². The van der Waals surface area contributed by atoms with Gasteiger partial charge in [-0.1, -0.05) is 35.9 Å². The molecule has 0 fully saturated rings. The molecule has 0 heterocycles. The van der Waals surface area contributed by atoms with Gasteiger partial charge < -0.3 is 25.8 Å². The highest BCUT2D eigenvalue weighted by Crippen LogP contribution is 2.08. The number of aliphatic hydroxyl groups excluding tert-OH is 1. The quantitative estimate of drug-likeness (QED) is 0.526. The van der Waals surface area contributed by atoms with E-state index in [1.165, 1.54) is 0 Å². The third-order valence-corrected chi connectivity index (χ3v) is 3.46. The number of rotatable bonds is 9. The zero-order chi connectivity index (χ0) is 17.9. The number of aryl methyl sites for hydroxylation is 1. The minimum atomic E-state index is -0.610. The Kier molecular flexibility index (Phi) is 7.75. The van der Waals surface area contributed by atoms with E-state index in [0.29, 0.717) is 19.6 Å². The number of urea groups is 1. The van der Waals surface area contributed by atoms with Gasteiger partial charge in [-0.15, -0.1) is 0 Å². The number of benzene rings is 2. The van der Waals surface area contributed by atoms with Gasteiger partial charge in [-0.3, -0.25) is 0 Å². The van der Waals surface area contributed by atoms with Gasteiger partial charge >= 0.3 is 6.03 Å². The third kappa shape index (κ3) is 7.69. The Morgan fingerprint density at radius 1 is 1.08 bits per heavy atom. The smallest absolute Gasteiger partial charge is 0.319 e. The molecule has 2 amide bonds. The van der Waals surface area contributed by atoms with Crippen LogP contribution in [0.15, 0.2) is 54.6 Å². The third-order valence-electron chi connectivity index (χ3n) is 3.46. The minimum absolute atomic E-state index is 0.221. The van der Waals surface area contributed by atoms with E-state index in [-0.39, 0.29) is 12.6 Å². The fourth-order valence-corrected chi connectivity index (χ4v) is 2.11. The first-order valence-corrected chi connectivity index (χ1v) is 8.31. The Bertz CT molecular complexity index is 632. The van der Waals surface area contributed by atoms with Crippen molar-refractivity contribution in [3.8, 4) is 5.75 Å². The lowest BCUT2D eigenvalue weighted by molar-refractivity contribution is 0.106. The topological polar surface area (TPSA) is 82.6 Å². The van der Waals surface area contributed by atoms with Gasteiger partial charge in [0.25, 0.3) is 0 Å². The number of anilines is 1. The Labute approximate surface area is 148 Å². The molecule has 1 atom stereocenters. The van der Waals surface area contributed by atoms with E-state index in [0.717, 1.165) is 17.0 Å². The molecule has 0 aliphatic heterocycles. The Balaban J connectivity index is 1.52. The van der Waals surface area contributed by atoms with Crippen LogP contribution in [0.1, 0.15) is 5.56 Å². The van der Waals surface area contributed by atoms with E-state index < -0.39 is 6.10 Å². The number of amides is 2. The summed E-state index contributed by atoms with van der Waals surface area (Å²) in [4.78, 5) is 11.7. The van der Waals surface area contributed by atoms with Crippen LogP contribution in [0, 0.1) is 6.92 Å². The summed E-state index contributed by atoms with van der Waals surface area (Å²) >= 11 is 0. The maximum absolute atomic E-state index is 11.7. The van der Waals surface area contributed by atoms with Gasteiger partial charge in [0.15, 0.2) is 0 Å². The largest absolute Gasteiger partial charge is 0.491 e. The first kappa shape index (κ1) is 18.8. The lowest BCUT2D eigenvalue weighted by atomic mass is 10.2. The monoisotopic (exact) mass is 343 g/mol. The summed E-state index contributed by atoms with van der Waals surface area (Å²) in [6, 6.07) is 16.7. The molecule has 0 radical (unpaired) electrons. The number of aliphatic hydroxyl groups is 1. The Morgan fingerprint density at radius 2 is 1.80 bits per heavy atom. The van der Waals surface area contributed by atoms with Crippen LogP contribution in [0.4, 0.5) is 10.5 Å². The number of para-hydroxylation sites is 1. The molecule has 0 saturated carbocycles. The van der Waals surface area contributed by atoms with E-state index >= 15 is 0 Å². The van der Waals surface area contributed by atoms with Crippen LogP contribution in [-0.4, -0.2) is 43.5 Å². The average Bonchev–Trinajstić information content (AvgIpc) is 2.62. The normalized spacial score (nSPS) is 11.6. The van der Waals surface area contributed by atoms with Gasteiger partial charge in [0.2, 0.25) is 0 Å². The van der Waals surface area contributed by atoms with E-state index in [1.807, 2.05) is 61.5 Å². The number of nitrogens with one attached hydrogen (secondary N) is 3. The summed E-state index contributed by atoms with van der Waals surface area (Å²) < 4.78 is 5.47. The van der Waals surface area contributed by atoms with E-state index in [4.69, 9.17) is 4.74 Å². The summed E-state index contributed by atoms with van der Waals surface area (Å²) in [5.74, 6) is 0.732. The number of ether oxygens (including phenoxy) is 1. The highest BCUT2D eigenvalue weighted by molar-refractivity contribution is 5.89. The predicted molar refractivity (Wildman–Crippen MR) is 99.0 cm³/mol. The molecule has 134 valence electrons. The van der Waals surface area contributed by atoms with Gasteiger partial charge in [-0.25, -0.2) is 4.79 Å². The molecule has 2 aromatic carbocycles. The van der Waals surface area contributed by atoms with Crippen molar-refractivity contribution in [2.75, 3.05) is 31.6 Å².